The zero-order valence-electron chi connectivity index (χ0n) is 37.2. The number of aromatic hydroxyl groups is 1. The van der Waals surface area contributed by atoms with Crippen LogP contribution in [0.3, 0.4) is 0 Å². The number of phenolic OH excluding ortho intramolecular Hbond substituents is 1. The lowest BCUT2D eigenvalue weighted by Gasteiger charge is -2.27. The fourth-order valence-corrected chi connectivity index (χ4v) is 6.10. The van der Waals surface area contributed by atoms with Gasteiger partial charge in [0.05, 0.1) is 12.5 Å². The minimum atomic E-state index is -1.69. The second-order valence-electron chi connectivity index (χ2n) is 15.7. The maximum absolute atomic E-state index is 14.0. The number of aliphatic carboxylic acids is 1. The third kappa shape index (κ3) is 22.9. The summed E-state index contributed by atoms with van der Waals surface area (Å²) in [6.45, 7) is 5.36. The Labute approximate surface area is 377 Å². The smallest absolute Gasteiger partial charge is 0.305 e. The van der Waals surface area contributed by atoms with Crippen LogP contribution in [0.15, 0.2) is 34.3 Å². The Balaban J connectivity index is 3.41. The van der Waals surface area contributed by atoms with Gasteiger partial charge in [0.2, 0.25) is 41.4 Å². The van der Waals surface area contributed by atoms with Crippen molar-refractivity contribution in [2.75, 3.05) is 19.6 Å². The molecule has 0 aliphatic rings. The summed E-state index contributed by atoms with van der Waals surface area (Å²) in [6.07, 6.45) is 0.470. The molecule has 7 amide bonds. The van der Waals surface area contributed by atoms with Gasteiger partial charge in [-0.1, -0.05) is 39.3 Å². The Kier molecular flexibility index (Phi) is 25.6. The number of hydrogen-bond acceptors (Lipinski definition) is 13. The number of aliphatic imine (C=N–C) groups is 2. The summed E-state index contributed by atoms with van der Waals surface area (Å²) in [6, 6.07) is -3.68. The van der Waals surface area contributed by atoms with Gasteiger partial charge in [-0.25, -0.2) is 0 Å². The molecule has 0 aliphatic carbocycles. The SMILES string of the molecule is CCC[C@H](NC(=O)[C@H](CCCN=C(N)N)NC(=O)[C@H](CC(=O)O)NC(=O)[C@@H](N)CCCN=C(N)N)C(=O)N[C@@H](Cc1ccc(O)cc1)C(=O)N[C@@H](CN)C(=O)N[C@@H](CCC(C)C)C(N)=O. The van der Waals surface area contributed by atoms with Gasteiger partial charge in [-0.2, -0.15) is 0 Å². The van der Waals surface area contributed by atoms with Gasteiger partial charge in [-0.3, -0.25) is 48.3 Å². The fraction of sp³-hybridized carbons (Fsp3) is 0.600. The lowest BCUT2D eigenvalue weighted by atomic mass is 10.0. The number of carboxylic acid groups (broad SMARTS) is 1. The zero-order valence-corrected chi connectivity index (χ0v) is 37.2. The Hall–Kier alpha value is -6.76. The number of carboxylic acids is 1. The number of nitrogens with zero attached hydrogens (tertiary/aromatic N) is 2. The molecule has 0 heterocycles. The molecule has 65 heavy (non-hydrogen) atoms. The van der Waals surface area contributed by atoms with Gasteiger partial charge in [-0.15, -0.1) is 0 Å². The topological polar surface area (TPSA) is 456 Å². The monoisotopic (exact) mass is 920 g/mol. The van der Waals surface area contributed by atoms with Crippen molar-refractivity contribution in [2.24, 2.45) is 56.0 Å². The summed E-state index contributed by atoms with van der Waals surface area (Å²) >= 11 is 0. The van der Waals surface area contributed by atoms with E-state index >= 15 is 0 Å². The molecule has 0 unspecified atom stereocenters. The number of hydrogen-bond donors (Lipinski definition) is 15. The Morgan fingerprint density at radius 2 is 1.03 bits per heavy atom. The van der Waals surface area contributed by atoms with E-state index in [1.807, 2.05) is 13.8 Å². The lowest BCUT2D eigenvalue weighted by molar-refractivity contribution is -0.141. The number of benzene rings is 1. The van der Waals surface area contributed by atoms with Gasteiger partial charge in [-0.05, 0) is 68.6 Å². The Morgan fingerprint density at radius 3 is 1.52 bits per heavy atom. The molecule has 0 saturated heterocycles. The molecular formula is C40H69N15O10. The third-order valence-electron chi connectivity index (χ3n) is 9.68. The molecule has 22 N–H and O–H groups in total. The number of phenols is 1. The molecule has 1 aromatic rings. The lowest BCUT2D eigenvalue weighted by Crippen LogP contribution is -2.61. The number of amides is 7. The van der Waals surface area contributed by atoms with E-state index in [-0.39, 0.29) is 81.6 Å². The van der Waals surface area contributed by atoms with E-state index in [0.29, 0.717) is 18.4 Å². The molecule has 7 atom stereocenters. The average molecular weight is 920 g/mol. The third-order valence-corrected chi connectivity index (χ3v) is 9.68. The van der Waals surface area contributed by atoms with Crippen molar-refractivity contribution in [1.82, 2.24) is 31.9 Å². The Bertz CT molecular complexity index is 1800. The van der Waals surface area contributed by atoms with E-state index in [2.05, 4.69) is 41.9 Å². The van der Waals surface area contributed by atoms with Crippen molar-refractivity contribution >= 4 is 59.2 Å². The van der Waals surface area contributed by atoms with Crippen LogP contribution in [0.1, 0.15) is 84.1 Å². The molecule has 0 bridgehead atoms. The highest BCUT2D eigenvalue weighted by Gasteiger charge is 2.34. The molecule has 1 aromatic carbocycles. The van der Waals surface area contributed by atoms with Crippen molar-refractivity contribution in [3.05, 3.63) is 29.8 Å². The largest absolute Gasteiger partial charge is 0.508 e. The van der Waals surface area contributed by atoms with Crippen molar-refractivity contribution in [2.45, 2.75) is 127 Å². The minimum Gasteiger partial charge on any atom is -0.508 e. The molecule has 0 fully saturated rings. The molecule has 1 rings (SSSR count). The van der Waals surface area contributed by atoms with Crippen LogP contribution in [0.4, 0.5) is 0 Å². The van der Waals surface area contributed by atoms with Gasteiger partial charge in [0.25, 0.3) is 0 Å². The number of nitrogens with two attached hydrogens (primary N) is 7. The first-order chi connectivity index (χ1) is 30.6. The minimum absolute atomic E-state index is 0.0157. The number of carbonyl (C=O) groups excluding carboxylic acids is 7. The first-order valence-corrected chi connectivity index (χ1v) is 21.3. The van der Waals surface area contributed by atoms with Gasteiger partial charge < -0.3 is 82.2 Å². The van der Waals surface area contributed by atoms with Crippen LogP contribution in [0.5, 0.6) is 5.75 Å². The summed E-state index contributed by atoms with van der Waals surface area (Å²) in [4.78, 5) is 113. The molecule has 0 radical (unpaired) electrons. The standard InChI is InChI=1S/C40H69N15O10/c1-4-7-26(34(61)54-28(18-22-11-13-23(56)14-12-22)36(63)55-30(20-41)38(65)50-25(32(43)59)15-10-21(2)3)51-35(62)27(9-6-17-49-40(46)47)52-37(64)29(19-31(57)58)53-33(60)24(42)8-5-16-48-39(44)45/h11-14,21,24-30,56H,4-10,15-20,41-42H2,1-3H3,(H2,43,59)(H,50,65)(H,51,62)(H,52,64)(H,53,60)(H,54,61)(H,55,63)(H,57,58)(H4,44,45,48)(H4,46,47,49)/t24-,25-,26-,27-,28-,29-,30-/m0/s1. The number of carbonyl (C=O) groups is 8. The van der Waals surface area contributed by atoms with E-state index in [9.17, 15) is 48.6 Å². The van der Waals surface area contributed by atoms with Gasteiger partial charge in [0, 0.05) is 26.1 Å². The maximum Gasteiger partial charge on any atom is 0.305 e. The van der Waals surface area contributed by atoms with Crippen molar-refractivity contribution < 1.29 is 48.6 Å². The predicted molar refractivity (Wildman–Crippen MR) is 241 cm³/mol. The van der Waals surface area contributed by atoms with Crippen LogP contribution in [0, 0.1) is 5.92 Å². The summed E-state index contributed by atoms with van der Waals surface area (Å²) in [7, 11) is 0. The van der Waals surface area contributed by atoms with Crippen LogP contribution in [-0.2, 0) is 44.8 Å². The number of guanidine groups is 2. The molecule has 0 aromatic heterocycles. The normalized spacial score (nSPS) is 14.1. The van der Waals surface area contributed by atoms with Crippen LogP contribution in [0.25, 0.3) is 0 Å². The van der Waals surface area contributed by atoms with Crippen LogP contribution in [0.2, 0.25) is 0 Å². The van der Waals surface area contributed by atoms with E-state index < -0.39 is 103 Å². The quantitative estimate of drug-likeness (QED) is 0.0189. The fourth-order valence-electron chi connectivity index (χ4n) is 6.10. The predicted octanol–water partition coefficient (Wildman–Crippen LogP) is -4.57. The highest BCUT2D eigenvalue weighted by Crippen LogP contribution is 2.13. The number of nitrogens with one attached hydrogen (secondary N) is 6. The molecule has 364 valence electrons. The van der Waals surface area contributed by atoms with Crippen molar-refractivity contribution in [1.29, 1.82) is 0 Å². The van der Waals surface area contributed by atoms with E-state index in [4.69, 9.17) is 40.1 Å². The number of primary amides is 1. The number of rotatable bonds is 31. The second-order valence-corrected chi connectivity index (χ2v) is 15.7. The van der Waals surface area contributed by atoms with Gasteiger partial charge in [0.15, 0.2) is 11.9 Å². The summed E-state index contributed by atoms with van der Waals surface area (Å²) in [5.41, 5.74) is 39.3. The highest BCUT2D eigenvalue weighted by molar-refractivity contribution is 5.98. The van der Waals surface area contributed by atoms with Gasteiger partial charge in [0.1, 0.15) is 42.0 Å². The van der Waals surface area contributed by atoms with E-state index in [0.717, 1.165) is 0 Å². The summed E-state index contributed by atoms with van der Waals surface area (Å²) in [5.74, 6) is -7.81. The van der Waals surface area contributed by atoms with E-state index in [1.165, 1.54) is 24.3 Å². The molecule has 25 nitrogen and oxygen atoms in total. The van der Waals surface area contributed by atoms with E-state index in [1.54, 1.807) is 6.92 Å². The van der Waals surface area contributed by atoms with Crippen molar-refractivity contribution in [3.8, 4) is 5.75 Å². The Morgan fingerprint density at radius 1 is 0.585 bits per heavy atom. The van der Waals surface area contributed by atoms with Gasteiger partial charge >= 0.3 is 5.97 Å². The maximum atomic E-state index is 14.0. The molecule has 0 saturated carbocycles. The highest BCUT2D eigenvalue weighted by atomic mass is 16.4. The molecule has 0 spiro atoms. The zero-order chi connectivity index (χ0) is 49.2. The molecule has 0 aliphatic heterocycles. The van der Waals surface area contributed by atoms with Crippen LogP contribution < -0.4 is 72.0 Å². The summed E-state index contributed by atoms with van der Waals surface area (Å²) in [5, 5.41) is 34.4. The summed E-state index contributed by atoms with van der Waals surface area (Å²) < 4.78 is 0. The van der Waals surface area contributed by atoms with Crippen LogP contribution >= 0.6 is 0 Å². The first-order valence-electron chi connectivity index (χ1n) is 21.3. The average Bonchev–Trinajstić information content (AvgIpc) is 3.23. The first kappa shape index (κ1) is 56.3. The molecular weight excluding hydrogens is 851 g/mol. The second kappa shape index (κ2) is 29.6. The van der Waals surface area contributed by atoms with Crippen molar-refractivity contribution in [3.63, 3.8) is 0 Å². The van der Waals surface area contributed by atoms with Crippen LogP contribution in [-0.4, -0.2) is 131 Å². The molecule has 25 heteroatoms.